The van der Waals surface area contributed by atoms with Crippen molar-refractivity contribution in [1.82, 2.24) is 19.9 Å². The van der Waals surface area contributed by atoms with Crippen molar-refractivity contribution in [2.45, 2.75) is 19.4 Å². The number of likely N-dealkylation sites (tertiary alicyclic amines) is 1. The second kappa shape index (κ2) is 9.97. The summed E-state index contributed by atoms with van der Waals surface area (Å²) in [6, 6.07) is 7.21. The molecule has 170 valence electrons. The van der Waals surface area contributed by atoms with Crippen LogP contribution in [-0.4, -0.2) is 50.8 Å². The molecule has 3 aromatic rings. The van der Waals surface area contributed by atoms with E-state index in [1.54, 1.807) is 23.2 Å². The van der Waals surface area contributed by atoms with Crippen LogP contribution in [0.25, 0.3) is 0 Å². The summed E-state index contributed by atoms with van der Waals surface area (Å²) >= 11 is 7.40. The molecule has 1 atom stereocenters. The van der Waals surface area contributed by atoms with Crippen LogP contribution >= 0.6 is 22.9 Å². The zero-order valence-corrected chi connectivity index (χ0v) is 19.4. The van der Waals surface area contributed by atoms with Gasteiger partial charge in [0.2, 0.25) is 11.9 Å². The summed E-state index contributed by atoms with van der Waals surface area (Å²) in [5.41, 5.74) is 1.46. The van der Waals surface area contributed by atoms with E-state index in [1.807, 2.05) is 19.1 Å². The third-order valence-electron chi connectivity index (χ3n) is 5.09. The van der Waals surface area contributed by atoms with Gasteiger partial charge in [-0.2, -0.15) is 4.98 Å². The van der Waals surface area contributed by atoms with Crippen molar-refractivity contribution in [3.8, 4) is 0 Å². The first-order chi connectivity index (χ1) is 15.9. The molecule has 0 bridgehead atoms. The highest BCUT2D eigenvalue weighted by atomic mass is 35.5. The van der Waals surface area contributed by atoms with Gasteiger partial charge in [-0.1, -0.05) is 41.6 Å². The molecule has 0 aliphatic carbocycles. The molecule has 1 saturated heterocycles. The van der Waals surface area contributed by atoms with Gasteiger partial charge in [0.1, 0.15) is 10.7 Å². The van der Waals surface area contributed by atoms with Crippen molar-refractivity contribution in [2.75, 3.05) is 29.0 Å². The summed E-state index contributed by atoms with van der Waals surface area (Å²) in [6.07, 6.45) is 5.25. The number of carbonyl (C=O) groups is 2. The molecule has 3 N–H and O–H groups in total. The fraction of sp³-hybridized carbons (Fsp3) is 0.227. The Morgan fingerprint density at radius 1 is 1.30 bits per heavy atom. The number of aryl methyl sites for hydroxylation is 1. The van der Waals surface area contributed by atoms with Gasteiger partial charge >= 0.3 is 0 Å². The summed E-state index contributed by atoms with van der Waals surface area (Å²) in [6.45, 7) is 6.64. The molecule has 1 fully saturated rings. The molecule has 0 saturated carbocycles. The Morgan fingerprint density at radius 3 is 2.94 bits per heavy atom. The zero-order valence-electron chi connectivity index (χ0n) is 17.8. The first kappa shape index (κ1) is 22.7. The highest BCUT2D eigenvalue weighted by Gasteiger charge is 2.25. The molecule has 1 aliphatic rings. The monoisotopic (exact) mass is 483 g/mol. The molecule has 0 radical (unpaired) electrons. The van der Waals surface area contributed by atoms with Gasteiger partial charge in [0.15, 0.2) is 5.13 Å². The van der Waals surface area contributed by atoms with E-state index >= 15 is 0 Å². The molecule has 3 heterocycles. The van der Waals surface area contributed by atoms with Gasteiger partial charge < -0.3 is 20.9 Å². The van der Waals surface area contributed by atoms with Crippen molar-refractivity contribution < 1.29 is 9.59 Å². The van der Waals surface area contributed by atoms with Crippen LogP contribution in [0.5, 0.6) is 0 Å². The summed E-state index contributed by atoms with van der Waals surface area (Å²) in [5, 5.41) is 10.2. The van der Waals surface area contributed by atoms with E-state index in [2.05, 4.69) is 37.5 Å². The summed E-state index contributed by atoms with van der Waals surface area (Å²) in [4.78, 5) is 39.5. The molecule has 11 heteroatoms. The van der Waals surface area contributed by atoms with E-state index in [9.17, 15) is 9.59 Å². The molecule has 9 nitrogen and oxygen atoms in total. The lowest BCUT2D eigenvalue weighted by atomic mass is 10.2. The first-order valence-electron chi connectivity index (χ1n) is 10.2. The second-order valence-electron chi connectivity index (χ2n) is 7.42. The topological polar surface area (TPSA) is 112 Å². The standard InChI is InChI=1S/C22H22ClN7O2S/c1-3-18(31)30-10-8-14(12-30)26-21-24-9-7-17(27-21)28-22-25-11-16(33-22)20(32)29-19-13(2)5-4-6-15(19)23/h3-7,9,11,14H,1,8,10,12H2,2H3,(H,29,32)(H2,24,25,26,27,28)/t14-/m0/s1. The number of aromatic nitrogens is 3. The number of nitrogens with one attached hydrogen (secondary N) is 3. The molecule has 33 heavy (non-hydrogen) atoms. The molecule has 2 amide bonds. The number of benzene rings is 1. The van der Waals surface area contributed by atoms with Crippen LogP contribution < -0.4 is 16.0 Å². The highest BCUT2D eigenvalue weighted by Crippen LogP contribution is 2.28. The first-order valence-corrected chi connectivity index (χ1v) is 11.4. The number of halogens is 1. The maximum atomic E-state index is 12.6. The molecule has 1 aromatic carbocycles. The van der Waals surface area contributed by atoms with E-state index in [1.165, 1.54) is 23.6 Å². The lowest BCUT2D eigenvalue weighted by Crippen LogP contribution is -2.30. The Labute approximate surface area is 199 Å². The molecule has 0 unspecified atom stereocenters. The van der Waals surface area contributed by atoms with Crippen LogP contribution in [-0.2, 0) is 4.79 Å². The predicted octanol–water partition coefficient (Wildman–Crippen LogP) is 4.09. The highest BCUT2D eigenvalue weighted by molar-refractivity contribution is 7.17. The Bertz CT molecular complexity index is 1180. The third kappa shape index (κ3) is 5.47. The summed E-state index contributed by atoms with van der Waals surface area (Å²) in [5.74, 6) is 0.611. The minimum Gasteiger partial charge on any atom is -0.350 e. The SMILES string of the molecule is C=CC(=O)N1CC[C@H](Nc2nccc(Nc3ncc(C(=O)Nc4c(C)cccc4Cl)s3)n2)C1. The Kier molecular flexibility index (Phi) is 6.85. The maximum Gasteiger partial charge on any atom is 0.267 e. The molecular formula is C22H22ClN7O2S. The Morgan fingerprint density at radius 2 is 2.15 bits per heavy atom. The number of nitrogens with zero attached hydrogens (tertiary/aromatic N) is 4. The van der Waals surface area contributed by atoms with Crippen molar-refractivity contribution in [3.05, 3.63) is 64.8 Å². The Hall–Kier alpha value is -3.50. The molecule has 0 spiro atoms. The normalized spacial score (nSPS) is 15.2. The van der Waals surface area contributed by atoms with Crippen LogP contribution in [0.15, 0.2) is 49.3 Å². The summed E-state index contributed by atoms with van der Waals surface area (Å²) in [7, 11) is 0. The lowest BCUT2D eigenvalue weighted by Gasteiger charge is -2.15. The summed E-state index contributed by atoms with van der Waals surface area (Å²) < 4.78 is 0. The second-order valence-corrected chi connectivity index (χ2v) is 8.86. The smallest absolute Gasteiger partial charge is 0.267 e. The lowest BCUT2D eigenvalue weighted by molar-refractivity contribution is -0.125. The fourth-order valence-corrected chi connectivity index (χ4v) is 4.39. The predicted molar refractivity (Wildman–Crippen MR) is 130 cm³/mol. The van der Waals surface area contributed by atoms with Crippen LogP contribution in [0.4, 0.5) is 22.6 Å². The average molecular weight is 484 g/mol. The number of hydrogen-bond acceptors (Lipinski definition) is 8. The van der Waals surface area contributed by atoms with Gasteiger partial charge in [0.25, 0.3) is 5.91 Å². The number of hydrogen-bond donors (Lipinski definition) is 3. The number of para-hydroxylation sites is 1. The molecule has 4 rings (SSSR count). The molecule has 2 aromatic heterocycles. The van der Waals surface area contributed by atoms with Gasteiger partial charge in [-0.05, 0) is 37.1 Å². The van der Waals surface area contributed by atoms with Crippen LogP contribution in [0.1, 0.15) is 21.7 Å². The van der Waals surface area contributed by atoms with Gasteiger partial charge in [0, 0.05) is 25.3 Å². The number of rotatable bonds is 7. The minimum atomic E-state index is -0.290. The van der Waals surface area contributed by atoms with Crippen molar-refractivity contribution in [2.24, 2.45) is 0 Å². The van der Waals surface area contributed by atoms with Crippen LogP contribution in [0.2, 0.25) is 5.02 Å². The van der Waals surface area contributed by atoms with Crippen LogP contribution in [0, 0.1) is 6.92 Å². The Balaban J connectivity index is 1.38. The van der Waals surface area contributed by atoms with E-state index in [-0.39, 0.29) is 17.9 Å². The number of thiazole rings is 1. The quantitative estimate of drug-likeness (QED) is 0.434. The number of anilines is 4. The van der Waals surface area contributed by atoms with E-state index in [0.717, 1.165) is 12.0 Å². The average Bonchev–Trinajstić information content (AvgIpc) is 3.46. The van der Waals surface area contributed by atoms with Crippen LogP contribution in [0.3, 0.4) is 0 Å². The van der Waals surface area contributed by atoms with Crippen molar-refractivity contribution in [1.29, 1.82) is 0 Å². The minimum absolute atomic E-state index is 0.0626. The van der Waals surface area contributed by atoms with Gasteiger partial charge in [0.05, 0.1) is 16.9 Å². The van der Waals surface area contributed by atoms with Gasteiger partial charge in [-0.15, -0.1) is 0 Å². The van der Waals surface area contributed by atoms with Gasteiger partial charge in [-0.25, -0.2) is 9.97 Å². The zero-order chi connectivity index (χ0) is 23.4. The van der Waals surface area contributed by atoms with Crippen molar-refractivity contribution >= 4 is 57.3 Å². The largest absolute Gasteiger partial charge is 0.350 e. The van der Waals surface area contributed by atoms with Gasteiger partial charge in [-0.3, -0.25) is 9.59 Å². The molecule has 1 aliphatic heterocycles. The number of amides is 2. The van der Waals surface area contributed by atoms with E-state index in [4.69, 9.17) is 11.6 Å². The third-order valence-corrected chi connectivity index (χ3v) is 6.31. The fourth-order valence-electron chi connectivity index (χ4n) is 3.40. The maximum absolute atomic E-state index is 12.6. The van der Waals surface area contributed by atoms with E-state index < -0.39 is 0 Å². The number of carbonyl (C=O) groups excluding carboxylic acids is 2. The molecular weight excluding hydrogens is 462 g/mol. The van der Waals surface area contributed by atoms with Crippen molar-refractivity contribution in [3.63, 3.8) is 0 Å². The van der Waals surface area contributed by atoms with E-state index in [0.29, 0.717) is 45.6 Å².